The van der Waals surface area contributed by atoms with Crippen LogP contribution in [-0.4, -0.2) is 14.5 Å². The number of hydrogen-bond donors (Lipinski definition) is 0. The molecule has 0 aliphatic carbocycles. The second-order valence-electron chi connectivity index (χ2n) is 15.9. The number of anilines is 6. The van der Waals surface area contributed by atoms with Gasteiger partial charge in [0, 0.05) is 28.2 Å². The van der Waals surface area contributed by atoms with Gasteiger partial charge in [-0.15, -0.1) is 0 Å². The van der Waals surface area contributed by atoms with Crippen molar-refractivity contribution in [3.63, 3.8) is 0 Å². The first-order chi connectivity index (χ1) is 31.7. The Morgan fingerprint density at radius 1 is 0.344 bits per heavy atom. The minimum atomic E-state index is 0.525. The van der Waals surface area contributed by atoms with Crippen molar-refractivity contribution in [2.24, 2.45) is 0 Å². The van der Waals surface area contributed by atoms with E-state index < -0.39 is 0 Å². The van der Waals surface area contributed by atoms with Gasteiger partial charge in [-0.2, -0.15) is 0 Å². The van der Waals surface area contributed by atoms with E-state index in [4.69, 9.17) is 23.9 Å². The average molecular weight is 826 g/mol. The molecule has 0 N–H and O–H groups in total. The van der Waals surface area contributed by atoms with Crippen molar-refractivity contribution in [2.75, 3.05) is 9.80 Å². The fraction of sp³-hybridized carbons (Fsp3) is 0. The van der Waals surface area contributed by atoms with Crippen molar-refractivity contribution in [3.8, 4) is 62.7 Å². The molecule has 2 aliphatic rings. The molecule has 11 aromatic rings. The van der Waals surface area contributed by atoms with Crippen molar-refractivity contribution in [1.29, 1.82) is 0 Å². The van der Waals surface area contributed by atoms with Gasteiger partial charge in [-0.1, -0.05) is 91.0 Å². The lowest BCUT2D eigenvalue weighted by Crippen LogP contribution is -2.16. The van der Waals surface area contributed by atoms with Crippen LogP contribution in [0.25, 0.3) is 61.8 Å². The number of para-hydroxylation sites is 13. The van der Waals surface area contributed by atoms with Crippen LogP contribution in [0.4, 0.5) is 34.1 Å². The molecule has 0 atom stereocenters. The van der Waals surface area contributed by atoms with Crippen LogP contribution >= 0.6 is 0 Å². The van der Waals surface area contributed by atoms with Crippen molar-refractivity contribution in [3.05, 3.63) is 212 Å². The van der Waals surface area contributed by atoms with Crippen LogP contribution in [0.2, 0.25) is 0 Å². The summed E-state index contributed by atoms with van der Waals surface area (Å²) >= 11 is 0. The lowest BCUT2D eigenvalue weighted by Gasteiger charge is -2.34. The fourth-order valence-electron chi connectivity index (χ4n) is 9.09. The summed E-state index contributed by atoms with van der Waals surface area (Å²) in [6.45, 7) is 0. The summed E-state index contributed by atoms with van der Waals surface area (Å²) in [4.78, 5) is 14.9. The number of imidazole rings is 1. The molecule has 13 rings (SSSR count). The van der Waals surface area contributed by atoms with Crippen LogP contribution in [-0.2, 0) is 0 Å². The second-order valence-corrected chi connectivity index (χ2v) is 15.9. The van der Waals surface area contributed by atoms with E-state index in [1.165, 1.54) is 0 Å². The van der Waals surface area contributed by atoms with Gasteiger partial charge in [-0.05, 0) is 132 Å². The molecule has 0 amide bonds. The minimum absolute atomic E-state index is 0.525. The predicted molar refractivity (Wildman–Crippen MR) is 254 cm³/mol. The molecule has 9 aromatic carbocycles. The molecule has 4 heterocycles. The molecule has 8 heteroatoms. The van der Waals surface area contributed by atoms with E-state index in [1.54, 1.807) is 0 Å². The van der Waals surface area contributed by atoms with Gasteiger partial charge in [0.1, 0.15) is 11.3 Å². The molecular formula is C56H35N5O3. The van der Waals surface area contributed by atoms with E-state index in [0.717, 1.165) is 113 Å². The van der Waals surface area contributed by atoms with Crippen LogP contribution < -0.4 is 19.3 Å². The van der Waals surface area contributed by atoms with E-state index in [9.17, 15) is 0 Å². The zero-order chi connectivity index (χ0) is 42.1. The Balaban J connectivity index is 1.10. The molecule has 0 saturated carbocycles. The molecule has 2 aromatic heterocycles. The number of rotatable bonds is 6. The maximum absolute atomic E-state index is 6.52. The van der Waals surface area contributed by atoms with Crippen LogP contribution in [0, 0.1) is 0 Å². The van der Waals surface area contributed by atoms with Crippen molar-refractivity contribution in [1.82, 2.24) is 14.5 Å². The van der Waals surface area contributed by atoms with Gasteiger partial charge in [-0.25, -0.2) is 9.97 Å². The molecule has 8 nitrogen and oxygen atoms in total. The number of oxazole rings is 1. The van der Waals surface area contributed by atoms with Crippen LogP contribution in [0.5, 0.6) is 23.0 Å². The van der Waals surface area contributed by atoms with Gasteiger partial charge < -0.3 is 23.7 Å². The standard InChI is InChI=1S/C56H35N5O3/c1-2-16-40(17-3-1)61-45-20-6-4-18-43(45)57-55(61)38-30-36(32-41(34-38)59-46-21-7-12-26-51(46)62-52-27-13-8-22-47(52)59)37-31-39(56-58-44-19-5-11-25-50(44)64-56)35-42(33-37)60-48-23-9-14-28-53(48)63-54-29-15-10-24-49(54)60/h1-35H. The molecule has 0 bridgehead atoms. The third-order valence-electron chi connectivity index (χ3n) is 11.9. The smallest absolute Gasteiger partial charge is 0.227 e. The molecule has 0 spiro atoms. The molecule has 0 unspecified atom stereocenters. The predicted octanol–water partition coefficient (Wildman–Crippen LogP) is 15.3. The van der Waals surface area contributed by atoms with Gasteiger partial charge in [0.25, 0.3) is 0 Å². The molecule has 64 heavy (non-hydrogen) atoms. The zero-order valence-corrected chi connectivity index (χ0v) is 34.2. The van der Waals surface area contributed by atoms with E-state index in [0.29, 0.717) is 5.89 Å². The van der Waals surface area contributed by atoms with E-state index in [-0.39, 0.29) is 0 Å². The maximum atomic E-state index is 6.52. The number of hydrogen-bond acceptors (Lipinski definition) is 7. The highest BCUT2D eigenvalue weighted by atomic mass is 16.5. The molecule has 2 aliphatic heterocycles. The molecule has 0 radical (unpaired) electrons. The lowest BCUT2D eigenvalue weighted by molar-refractivity contribution is 0.476. The molecule has 0 fully saturated rings. The van der Waals surface area contributed by atoms with Gasteiger partial charge in [0.05, 0.1) is 33.8 Å². The SMILES string of the molecule is c1ccc(-n2c(-c3cc(-c4cc(-c5nc6ccccc6o5)cc(N5c6ccccc6Oc6ccccc65)c4)cc(N4c5ccccc5Oc5ccccc54)c3)nc3ccccc32)cc1. The van der Waals surface area contributed by atoms with Crippen molar-refractivity contribution >= 4 is 56.3 Å². The first kappa shape index (κ1) is 35.8. The summed E-state index contributed by atoms with van der Waals surface area (Å²) in [5, 5.41) is 0. The Kier molecular flexibility index (Phi) is 8.04. The third kappa shape index (κ3) is 5.85. The first-order valence-electron chi connectivity index (χ1n) is 21.2. The second kappa shape index (κ2) is 14.4. The highest BCUT2D eigenvalue weighted by Crippen LogP contribution is 2.53. The monoisotopic (exact) mass is 825 g/mol. The zero-order valence-electron chi connectivity index (χ0n) is 34.2. The summed E-state index contributed by atoms with van der Waals surface area (Å²) in [5.41, 5.74) is 13.7. The third-order valence-corrected chi connectivity index (χ3v) is 11.9. The summed E-state index contributed by atoms with van der Waals surface area (Å²) in [7, 11) is 0. The Bertz CT molecular complexity index is 3490. The Labute approximate surface area is 368 Å². The van der Waals surface area contributed by atoms with Gasteiger partial charge in [0.2, 0.25) is 5.89 Å². The molecule has 0 saturated heterocycles. The van der Waals surface area contributed by atoms with Gasteiger partial charge in [-0.3, -0.25) is 4.57 Å². The summed E-state index contributed by atoms with van der Waals surface area (Å²) in [5.74, 6) is 4.42. The van der Waals surface area contributed by atoms with Crippen LogP contribution in [0.1, 0.15) is 0 Å². The van der Waals surface area contributed by atoms with Gasteiger partial charge in [0.15, 0.2) is 28.6 Å². The maximum Gasteiger partial charge on any atom is 0.227 e. The Hall–Kier alpha value is -8.88. The molecule has 302 valence electrons. The number of aromatic nitrogens is 3. The van der Waals surface area contributed by atoms with Gasteiger partial charge >= 0.3 is 0 Å². The van der Waals surface area contributed by atoms with E-state index >= 15 is 0 Å². The number of benzene rings is 9. The summed E-state index contributed by atoms with van der Waals surface area (Å²) in [6, 6.07) is 72.6. The number of fused-ring (bicyclic) bond motifs is 6. The number of nitrogens with zero attached hydrogens (tertiary/aromatic N) is 5. The quantitative estimate of drug-likeness (QED) is 0.165. The minimum Gasteiger partial charge on any atom is -0.453 e. The highest BCUT2D eigenvalue weighted by Gasteiger charge is 2.29. The first-order valence-corrected chi connectivity index (χ1v) is 21.2. The normalized spacial score (nSPS) is 12.6. The largest absolute Gasteiger partial charge is 0.453 e. The summed E-state index contributed by atoms with van der Waals surface area (Å²) in [6.07, 6.45) is 0. The van der Waals surface area contributed by atoms with Crippen LogP contribution in [0.15, 0.2) is 217 Å². The number of ether oxygens (including phenoxy) is 2. The van der Waals surface area contributed by atoms with Crippen molar-refractivity contribution < 1.29 is 13.9 Å². The highest BCUT2D eigenvalue weighted by molar-refractivity contribution is 5.94. The molecular weight excluding hydrogens is 791 g/mol. The van der Waals surface area contributed by atoms with E-state index in [1.807, 2.05) is 97.1 Å². The lowest BCUT2D eigenvalue weighted by atomic mass is 9.97. The van der Waals surface area contributed by atoms with Crippen LogP contribution in [0.3, 0.4) is 0 Å². The van der Waals surface area contributed by atoms with E-state index in [2.05, 4.69) is 130 Å². The Morgan fingerprint density at radius 3 is 1.38 bits per heavy atom. The Morgan fingerprint density at radius 2 is 0.797 bits per heavy atom. The fourth-order valence-corrected chi connectivity index (χ4v) is 9.09. The topological polar surface area (TPSA) is 68.8 Å². The van der Waals surface area contributed by atoms with Crippen molar-refractivity contribution in [2.45, 2.75) is 0 Å². The summed E-state index contributed by atoms with van der Waals surface area (Å²) < 4.78 is 21.8. The average Bonchev–Trinajstić information content (AvgIpc) is 3.98.